The standard InChI is InChI=1S/C11H13ClN2O/c12-8-4-7(5-9(13)6-8)11(15)14-10-2-1-3-10/h4-6,10H,1-3,13H2,(H,14,15). The summed E-state index contributed by atoms with van der Waals surface area (Å²) in [5.41, 5.74) is 6.66. The molecule has 1 aliphatic rings. The van der Waals surface area contributed by atoms with Gasteiger partial charge in [0.1, 0.15) is 0 Å². The first-order valence-corrected chi connectivity index (χ1v) is 5.40. The molecule has 3 N–H and O–H groups in total. The number of amides is 1. The van der Waals surface area contributed by atoms with E-state index >= 15 is 0 Å². The summed E-state index contributed by atoms with van der Waals surface area (Å²) in [5, 5.41) is 3.43. The van der Waals surface area contributed by atoms with Crippen LogP contribution in [0.15, 0.2) is 18.2 Å². The van der Waals surface area contributed by atoms with E-state index in [1.807, 2.05) is 0 Å². The number of nitrogens with one attached hydrogen (secondary N) is 1. The zero-order valence-corrected chi connectivity index (χ0v) is 9.05. The first-order chi connectivity index (χ1) is 7.15. The number of nitrogens with two attached hydrogens (primary N) is 1. The van der Waals surface area contributed by atoms with Gasteiger partial charge in [-0.3, -0.25) is 4.79 Å². The van der Waals surface area contributed by atoms with Gasteiger partial charge in [-0.05, 0) is 37.5 Å². The third kappa shape index (κ3) is 2.42. The van der Waals surface area contributed by atoms with Crippen molar-refractivity contribution in [3.8, 4) is 0 Å². The second kappa shape index (κ2) is 4.11. The summed E-state index contributed by atoms with van der Waals surface area (Å²) in [6.07, 6.45) is 3.34. The number of hydrogen-bond acceptors (Lipinski definition) is 2. The molecule has 1 aromatic rings. The minimum absolute atomic E-state index is 0.0890. The van der Waals surface area contributed by atoms with E-state index in [1.54, 1.807) is 18.2 Å². The number of rotatable bonds is 2. The molecule has 0 aliphatic heterocycles. The monoisotopic (exact) mass is 224 g/mol. The summed E-state index contributed by atoms with van der Waals surface area (Å²) in [7, 11) is 0. The van der Waals surface area contributed by atoms with Crippen molar-refractivity contribution < 1.29 is 4.79 Å². The maximum atomic E-state index is 11.7. The average Bonchev–Trinajstić information content (AvgIpc) is 2.09. The Kier molecular flexibility index (Phi) is 2.82. The van der Waals surface area contributed by atoms with E-state index in [4.69, 9.17) is 17.3 Å². The highest BCUT2D eigenvalue weighted by Gasteiger charge is 2.20. The van der Waals surface area contributed by atoms with Crippen molar-refractivity contribution in [3.63, 3.8) is 0 Å². The van der Waals surface area contributed by atoms with E-state index in [1.165, 1.54) is 6.42 Å². The van der Waals surface area contributed by atoms with Crippen LogP contribution in [0.1, 0.15) is 29.6 Å². The topological polar surface area (TPSA) is 55.1 Å². The van der Waals surface area contributed by atoms with Crippen LogP contribution < -0.4 is 11.1 Å². The van der Waals surface area contributed by atoms with Gasteiger partial charge in [0, 0.05) is 22.3 Å². The Morgan fingerprint density at radius 1 is 1.40 bits per heavy atom. The highest BCUT2D eigenvalue weighted by molar-refractivity contribution is 6.31. The van der Waals surface area contributed by atoms with Crippen LogP contribution in [0.3, 0.4) is 0 Å². The molecule has 0 saturated heterocycles. The Bertz CT molecular complexity index is 368. The SMILES string of the molecule is Nc1cc(Cl)cc(C(=O)NC2CCC2)c1. The van der Waals surface area contributed by atoms with Crippen molar-refractivity contribution in [3.05, 3.63) is 28.8 Å². The Morgan fingerprint density at radius 2 is 2.13 bits per heavy atom. The summed E-state index contributed by atoms with van der Waals surface area (Å²) >= 11 is 5.82. The number of halogens is 1. The van der Waals surface area contributed by atoms with Crippen LogP contribution in [0.25, 0.3) is 0 Å². The van der Waals surface area contributed by atoms with Crippen LogP contribution in [0.4, 0.5) is 5.69 Å². The quantitative estimate of drug-likeness (QED) is 0.757. The minimum Gasteiger partial charge on any atom is -0.399 e. The van der Waals surface area contributed by atoms with Crippen LogP contribution >= 0.6 is 11.6 Å². The van der Waals surface area contributed by atoms with Gasteiger partial charge in [0.25, 0.3) is 5.91 Å². The highest BCUT2D eigenvalue weighted by atomic mass is 35.5. The molecule has 4 heteroatoms. The third-order valence-corrected chi connectivity index (χ3v) is 2.84. The second-order valence-corrected chi connectivity index (χ2v) is 4.31. The van der Waals surface area contributed by atoms with Crippen molar-refractivity contribution in [2.45, 2.75) is 25.3 Å². The molecule has 0 heterocycles. The number of anilines is 1. The predicted octanol–water partition coefficient (Wildman–Crippen LogP) is 2.20. The molecular formula is C11H13ClN2O. The lowest BCUT2D eigenvalue weighted by molar-refractivity contribution is 0.0917. The van der Waals surface area contributed by atoms with E-state index in [-0.39, 0.29) is 5.91 Å². The molecule has 3 nitrogen and oxygen atoms in total. The smallest absolute Gasteiger partial charge is 0.251 e. The van der Waals surface area contributed by atoms with Crippen LogP contribution in [0.5, 0.6) is 0 Å². The molecule has 1 aliphatic carbocycles. The average molecular weight is 225 g/mol. The molecule has 0 unspecified atom stereocenters. The fourth-order valence-electron chi connectivity index (χ4n) is 1.56. The summed E-state index contributed by atoms with van der Waals surface area (Å²) in [6, 6.07) is 5.23. The van der Waals surface area contributed by atoms with Gasteiger partial charge >= 0.3 is 0 Å². The van der Waals surface area contributed by atoms with Gasteiger partial charge in [0.05, 0.1) is 0 Å². The fourth-order valence-corrected chi connectivity index (χ4v) is 1.81. The number of carbonyl (C=O) groups excluding carboxylic acids is 1. The van der Waals surface area contributed by atoms with Gasteiger partial charge in [-0.2, -0.15) is 0 Å². The number of carbonyl (C=O) groups is 1. The Hall–Kier alpha value is -1.22. The van der Waals surface area contributed by atoms with Crippen LogP contribution in [0, 0.1) is 0 Å². The van der Waals surface area contributed by atoms with Gasteiger partial charge in [-0.25, -0.2) is 0 Å². The lowest BCUT2D eigenvalue weighted by Crippen LogP contribution is -2.39. The Labute approximate surface area is 93.6 Å². The Balaban J connectivity index is 2.10. The molecule has 0 spiro atoms. The third-order valence-electron chi connectivity index (χ3n) is 2.62. The maximum absolute atomic E-state index is 11.7. The molecule has 1 amide bonds. The number of nitrogen functional groups attached to an aromatic ring is 1. The lowest BCUT2D eigenvalue weighted by Gasteiger charge is -2.26. The predicted molar refractivity (Wildman–Crippen MR) is 61.0 cm³/mol. The van der Waals surface area contributed by atoms with E-state index < -0.39 is 0 Å². The summed E-state index contributed by atoms with van der Waals surface area (Å²) in [4.78, 5) is 11.7. The highest BCUT2D eigenvalue weighted by Crippen LogP contribution is 2.20. The summed E-state index contributed by atoms with van der Waals surface area (Å²) in [5.74, 6) is -0.0890. The van der Waals surface area contributed by atoms with E-state index in [9.17, 15) is 4.79 Å². The molecule has 0 atom stereocenters. The minimum atomic E-state index is -0.0890. The molecule has 2 rings (SSSR count). The first kappa shape index (κ1) is 10.3. The van der Waals surface area contributed by atoms with Crippen LogP contribution in [-0.2, 0) is 0 Å². The van der Waals surface area contributed by atoms with Gasteiger partial charge in [-0.15, -0.1) is 0 Å². The Morgan fingerprint density at radius 3 is 2.67 bits per heavy atom. The molecule has 0 bridgehead atoms. The van der Waals surface area contributed by atoms with E-state index in [0.717, 1.165) is 12.8 Å². The van der Waals surface area contributed by atoms with E-state index in [0.29, 0.717) is 22.3 Å². The molecule has 80 valence electrons. The van der Waals surface area contributed by atoms with E-state index in [2.05, 4.69) is 5.32 Å². The molecule has 15 heavy (non-hydrogen) atoms. The van der Waals surface area contributed by atoms with Crippen molar-refractivity contribution in [1.82, 2.24) is 5.32 Å². The van der Waals surface area contributed by atoms with Gasteiger partial charge in [0.2, 0.25) is 0 Å². The van der Waals surface area contributed by atoms with Crippen molar-refractivity contribution in [2.24, 2.45) is 0 Å². The molecule has 1 saturated carbocycles. The van der Waals surface area contributed by atoms with Gasteiger partial charge < -0.3 is 11.1 Å². The maximum Gasteiger partial charge on any atom is 0.251 e. The first-order valence-electron chi connectivity index (χ1n) is 5.02. The van der Waals surface area contributed by atoms with Crippen LogP contribution in [0.2, 0.25) is 5.02 Å². The normalized spacial score (nSPS) is 15.8. The van der Waals surface area contributed by atoms with Crippen molar-refractivity contribution in [1.29, 1.82) is 0 Å². The van der Waals surface area contributed by atoms with Gasteiger partial charge in [-0.1, -0.05) is 11.6 Å². The fraction of sp³-hybridized carbons (Fsp3) is 0.364. The summed E-state index contributed by atoms with van der Waals surface area (Å²) in [6.45, 7) is 0. The zero-order valence-electron chi connectivity index (χ0n) is 8.29. The number of benzene rings is 1. The molecule has 0 radical (unpaired) electrons. The summed E-state index contributed by atoms with van der Waals surface area (Å²) < 4.78 is 0. The molecular weight excluding hydrogens is 212 g/mol. The lowest BCUT2D eigenvalue weighted by atomic mass is 9.93. The van der Waals surface area contributed by atoms with Crippen LogP contribution in [-0.4, -0.2) is 11.9 Å². The molecule has 0 aromatic heterocycles. The molecule has 1 fully saturated rings. The zero-order chi connectivity index (χ0) is 10.8. The van der Waals surface area contributed by atoms with Crippen molar-refractivity contribution in [2.75, 3.05) is 5.73 Å². The second-order valence-electron chi connectivity index (χ2n) is 3.87. The van der Waals surface area contributed by atoms with Crippen molar-refractivity contribution >= 4 is 23.2 Å². The molecule has 1 aromatic carbocycles. The largest absolute Gasteiger partial charge is 0.399 e. The van der Waals surface area contributed by atoms with Gasteiger partial charge in [0.15, 0.2) is 0 Å². The number of hydrogen-bond donors (Lipinski definition) is 2.